The maximum absolute atomic E-state index is 11.7. The minimum absolute atomic E-state index is 0.165. The summed E-state index contributed by atoms with van der Waals surface area (Å²) in [4.78, 5) is 26.5. The van der Waals surface area contributed by atoms with E-state index in [-0.39, 0.29) is 12.3 Å². The lowest BCUT2D eigenvalue weighted by molar-refractivity contribution is -0.129. The number of hydrogen-bond acceptors (Lipinski definition) is 5. The molecule has 0 bridgehead atoms. The molecule has 0 radical (unpaired) electrons. The van der Waals surface area contributed by atoms with E-state index in [0.29, 0.717) is 19.3 Å². The first-order valence-corrected chi connectivity index (χ1v) is 8.44. The maximum Gasteiger partial charge on any atom is 0.243 e. The van der Waals surface area contributed by atoms with E-state index in [9.17, 15) is 9.59 Å². The van der Waals surface area contributed by atoms with Crippen LogP contribution in [-0.2, 0) is 9.59 Å². The van der Waals surface area contributed by atoms with Gasteiger partial charge in [0.15, 0.2) is 0 Å². The number of nitrogens with zero attached hydrogens (tertiary/aromatic N) is 2. The number of amides is 2. The standard InChI is InChI=1S/C19H22N4O3/c24-18(4-2-1-3-5-19(25)23-26)22-21-14-15-6-8-16(9-7-15)17-10-12-20-13-11-17/h6-14,26H,1-5H2,(H,22,24)(H,23,25). The van der Waals surface area contributed by atoms with E-state index in [4.69, 9.17) is 5.21 Å². The van der Waals surface area contributed by atoms with Gasteiger partial charge in [0.2, 0.25) is 11.8 Å². The summed E-state index contributed by atoms with van der Waals surface area (Å²) in [7, 11) is 0. The van der Waals surface area contributed by atoms with Crippen LogP contribution < -0.4 is 10.9 Å². The molecule has 1 heterocycles. The van der Waals surface area contributed by atoms with Crippen molar-refractivity contribution < 1.29 is 14.8 Å². The molecule has 0 spiro atoms. The van der Waals surface area contributed by atoms with Gasteiger partial charge in [0.1, 0.15) is 0 Å². The minimum atomic E-state index is -0.408. The van der Waals surface area contributed by atoms with E-state index in [1.165, 1.54) is 0 Å². The second-order valence-electron chi connectivity index (χ2n) is 5.75. The number of nitrogens with one attached hydrogen (secondary N) is 2. The van der Waals surface area contributed by atoms with Gasteiger partial charge in [-0.05, 0) is 41.7 Å². The van der Waals surface area contributed by atoms with Gasteiger partial charge in [-0.2, -0.15) is 5.10 Å². The Labute approximate surface area is 152 Å². The molecule has 0 fully saturated rings. The third-order valence-electron chi connectivity index (χ3n) is 3.76. The van der Waals surface area contributed by atoms with Crippen molar-refractivity contribution in [3.05, 3.63) is 54.4 Å². The monoisotopic (exact) mass is 354 g/mol. The van der Waals surface area contributed by atoms with Crippen LogP contribution in [-0.4, -0.2) is 28.2 Å². The Bertz CT molecular complexity index is 730. The predicted octanol–water partition coefficient (Wildman–Crippen LogP) is 2.65. The van der Waals surface area contributed by atoms with Crippen LogP contribution in [0.5, 0.6) is 0 Å². The zero-order valence-electron chi connectivity index (χ0n) is 14.4. The first-order valence-electron chi connectivity index (χ1n) is 8.44. The highest BCUT2D eigenvalue weighted by Crippen LogP contribution is 2.18. The van der Waals surface area contributed by atoms with Gasteiger partial charge in [0, 0.05) is 25.2 Å². The number of aromatic nitrogens is 1. The van der Waals surface area contributed by atoms with Crippen LogP contribution in [0, 0.1) is 0 Å². The lowest BCUT2D eigenvalue weighted by Gasteiger charge is -2.02. The van der Waals surface area contributed by atoms with Crippen LogP contribution >= 0.6 is 0 Å². The molecule has 0 saturated heterocycles. The van der Waals surface area contributed by atoms with Gasteiger partial charge >= 0.3 is 0 Å². The lowest BCUT2D eigenvalue weighted by atomic mass is 10.1. The molecule has 136 valence electrons. The van der Waals surface area contributed by atoms with E-state index in [0.717, 1.165) is 23.1 Å². The summed E-state index contributed by atoms with van der Waals surface area (Å²) in [5.74, 6) is -0.574. The third kappa shape index (κ3) is 6.82. The molecule has 7 heteroatoms. The van der Waals surface area contributed by atoms with Gasteiger partial charge in [0.05, 0.1) is 6.21 Å². The van der Waals surface area contributed by atoms with Crippen LogP contribution in [0.3, 0.4) is 0 Å². The van der Waals surface area contributed by atoms with E-state index >= 15 is 0 Å². The normalized spacial score (nSPS) is 10.7. The van der Waals surface area contributed by atoms with Gasteiger partial charge in [-0.25, -0.2) is 10.9 Å². The average molecular weight is 354 g/mol. The van der Waals surface area contributed by atoms with Crippen molar-refractivity contribution in [3.63, 3.8) is 0 Å². The van der Waals surface area contributed by atoms with Gasteiger partial charge in [-0.15, -0.1) is 0 Å². The second-order valence-corrected chi connectivity index (χ2v) is 5.75. The van der Waals surface area contributed by atoms with Crippen molar-refractivity contribution >= 4 is 18.0 Å². The fourth-order valence-corrected chi connectivity index (χ4v) is 2.34. The summed E-state index contributed by atoms with van der Waals surface area (Å²) < 4.78 is 0. The maximum atomic E-state index is 11.7. The van der Waals surface area contributed by atoms with Crippen LogP contribution in [0.15, 0.2) is 53.9 Å². The van der Waals surface area contributed by atoms with Gasteiger partial charge < -0.3 is 0 Å². The van der Waals surface area contributed by atoms with Crippen LogP contribution in [0.2, 0.25) is 0 Å². The Morgan fingerprint density at radius 3 is 2.19 bits per heavy atom. The Kier molecular flexibility index (Phi) is 7.95. The molecular formula is C19H22N4O3. The number of hydroxylamine groups is 1. The third-order valence-corrected chi connectivity index (χ3v) is 3.76. The Hall–Kier alpha value is -3.06. The number of carbonyl (C=O) groups is 2. The summed E-state index contributed by atoms with van der Waals surface area (Å²) in [6.07, 6.45) is 7.74. The topological polar surface area (TPSA) is 104 Å². The summed E-state index contributed by atoms with van der Waals surface area (Å²) in [6, 6.07) is 11.7. The number of unbranched alkanes of at least 4 members (excludes halogenated alkanes) is 2. The molecular weight excluding hydrogens is 332 g/mol. The Morgan fingerprint density at radius 2 is 1.54 bits per heavy atom. The van der Waals surface area contributed by atoms with Crippen molar-refractivity contribution in [1.29, 1.82) is 0 Å². The quantitative estimate of drug-likeness (QED) is 0.279. The number of pyridine rings is 1. The first-order chi connectivity index (χ1) is 12.7. The van der Waals surface area contributed by atoms with Crippen molar-refractivity contribution in [2.45, 2.75) is 32.1 Å². The van der Waals surface area contributed by atoms with Gasteiger partial charge in [-0.3, -0.25) is 19.8 Å². The van der Waals surface area contributed by atoms with Crippen molar-refractivity contribution in [3.8, 4) is 11.1 Å². The number of hydrazone groups is 1. The van der Waals surface area contributed by atoms with Crippen molar-refractivity contribution in [1.82, 2.24) is 15.9 Å². The first kappa shape index (κ1) is 19.3. The molecule has 0 atom stereocenters. The molecule has 2 aromatic rings. The largest absolute Gasteiger partial charge is 0.289 e. The van der Waals surface area contributed by atoms with Gasteiger partial charge in [0.25, 0.3) is 0 Å². The minimum Gasteiger partial charge on any atom is -0.289 e. The summed E-state index contributed by atoms with van der Waals surface area (Å²) in [6.45, 7) is 0. The molecule has 0 unspecified atom stereocenters. The summed E-state index contributed by atoms with van der Waals surface area (Å²) in [5, 5.41) is 12.3. The zero-order chi connectivity index (χ0) is 18.6. The number of carbonyl (C=O) groups excluding carboxylic acids is 2. The molecule has 1 aromatic heterocycles. The van der Waals surface area contributed by atoms with E-state index in [1.54, 1.807) is 24.1 Å². The van der Waals surface area contributed by atoms with Crippen LogP contribution in [0.1, 0.15) is 37.7 Å². The van der Waals surface area contributed by atoms with Crippen molar-refractivity contribution in [2.24, 2.45) is 5.10 Å². The molecule has 0 aliphatic heterocycles. The van der Waals surface area contributed by atoms with Crippen molar-refractivity contribution in [2.75, 3.05) is 0 Å². The summed E-state index contributed by atoms with van der Waals surface area (Å²) >= 11 is 0. The number of rotatable bonds is 9. The highest BCUT2D eigenvalue weighted by Gasteiger charge is 2.02. The molecule has 3 N–H and O–H groups in total. The number of hydrogen-bond donors (Lipinski definition) is 3. The molecule has 7 nitrogen and oxygen atoms in total. The Balaban J connectivity index is 1.69. The fourth-order valence-electron chi connectivity index (χ4n) is 2.34. The van der Waals surface area contributed by atoms with Crippen LogP contribution in [0.4, 0.5) is 0 Å². The molecule has 0 saturated carbocycles. The molecule has 0 aliphatic rings. The highest BCUT2D eigenvalue weighted by atomic mass is 16.5. The smallest absolute Gasteiger partial charge is 0.243 e. The second kappa shape index (κ2) is 10.7. The SMILES string of the molecule is O=C(CCCCCC(=O)NN=Cc1ccc(-c2ccncc2)cc1)NO. The average Bonchev–Trinajstić information content (AvgIpc) is 2.68. The molecule has 0 aliphatic carbocycles. The van der Waals surface area contributed by atoms with E-state index in [1.807, 2.05) is 36.4 Å². The van der Waals surface area contributed by atoms with E-state index in [2.05, 4.69) is 15.5 Å². The lowest BCUT2D eigenvalue weighted by Crippen LogP contribution is -2.18. The highest BCUT2D eigenvalue weighted by molar-refractivity contribution is 5.83. The predicted molar refractivity (Wildman–Crippen MR) is 98.4 cm³/mol. The van der Waals surface area contributed by atoms with E-state index < -0.39 is 5.91 Å². The molecule has 2 amide bonds. The molecule has 26 heavy (non-hydrogen) atoms. The molecule has 2 rings (SSSR count). The molecule has 1 aromatic carbocycles. The summed E-state index contributed by atoms with van der Waals surface area (Å²) in [5.41, 5.74) is 7.14. The zero-order valence-corrected chi connectivity index (χ0v) is 14.4. The van der Waals surface area contributed by atoms with Crippen LogP contribution in [0.25, 0.3) is 11.1 Å². The fraction of sp³-hybridized carbons (Fsp3) is 0.263. The van der Waals surface area contributed by atoms with Gasteiger partial charge in [-0.1, -0.05) is 30.7 Å². The number of benzene rings is 1. The Morgan fingerprint density at radius 1 is 0.923 bits per heavy atom.